The molecule has 2 aromatic heterocycles. The molecule has 2 heterocycles. The molecule has 2 aromatic rings. The van der Waals surface area contributed by atoms with E-state index in [1.807, 2.05) is 0 Å². The van der Waals surface area contributed by atoms with Crippen LogP contribution in [0.5, 0.6) is 0 Å². The van der Waals surface area contributed by atoms with Crippen molar-refractivity contribution in [3.8, 4) is 10.7 Å². The van der Waals surface area contributed by atoms with E-state index < -0.39 is 10.9 Å². The van der Waals surface area contributed by atoms with Gasteiger partial charge in [-0.1, -0.05) is 23.1 Å². The first-order chi connectivity index (χ1) is 8.56. The summed E-state index contributed by atoms with van der Waals surface area (Å²) in [5, 5.41) is 25.8. The van der Waals surface area contributed by atoms with E-state index in [2.05, 4.69) is 15.2 Å². The highest BCUT2D eigenvalue weighted by Crippen LogP contribution is 2.31. The third-order valence-corrected chi connectivity index (χ3v) is 3.67. The van der Waals surface area contributed by atoms with Crippen molar-refractivity contribution in [1.29, 1.82) is 0 Å². The number of aliphatic carboxylic acids is 1. The van der Waals surface area contributed by atoms with E-state index in [9.17, 15) is 14.9 Å². The zero-order valence-electron chi connectivity index (χ0n) is 8.69. The number of hydrogen-bond acceptors (Lipinski definition) is 7. The van der Waals surface area contributed by atoms with Gasteiger partial charge in [-0.05, 0) is 6.07 Å². The Morgan fingerprint density at radius 1 is 1.61 bits per heavy atom. The average molecular weight is 286 g/mol. The molecule has 2 rings (SSSR count). The first-order valence-electron chi connectivity index (χ1n) is 4.58. The number of carboxylic acid groups (broad SMARTS) is 1. The molecule has 0 unspecified atom stereocenters. The van der Waals surface area contributed by atoms with Crippen LogP contribution in [0, 0.1) is 10.1 Å². The second-order valence-corrected chi connectivity index (χ2v) is 5.05. The van der Waals surface area contributed by atoms with Crippen LogP contribution in [-0.4, -0.2) is 36.9 Å². The number of thiophene rings is 1. The highest BCUT2D eigenvalue weighted by molar-refractivity contribution is 7.99. The molecule has 0 bridgehead atoms. The maximum Gasteiger partial charge on any atom is 0.324 e. The van der Waals surface area contributed by atoms with Crippen LogP contribution in [0.1, 0.15) is 0 Å². The average Bonchev–Trinajstić information content (AvgIpc) is 2.95. The summed E-state index contributed by atoms with van der Waals surface area (Å²) in [5.41, 5.74) is 0. The number of carbonyl (C=O) groups is 1. The lowest BCUT2D eigenvalue weighted by Gasteiger charge is -1.88. The molecule has 0 amide bonds. The van der Waals surface area contributed by atoms with E-state index in [0.29, 0.717) is 15.9 Å². The topological polar surface area (TPSA) is 122 Å². The van der Waals surface area contributed by atoms with Gasteiger partial charge in [-0.15, -0.1) is 5.10 Å². The molecule has 2 N–H and O–H groups in total. The number of nitrogens with one attached hydrogen (secondary N) is 1. The van der Waals surface area contributed by atoms with Crippen molar-refractivity contribution >= 4 is 34.1 Å². The second kappa shape index (κ2) is 5.14. The smallest absolute Gasteiger partial charge is 0.324 e. The summed E-state index contributed by atoms with van der Waals surface area (Å²) in [6.07, 6.45) is 0. The summed E-state index contributed by atoms with van der Waals surface area (Å²) in [4.78, 5) is 25.0. The zero-order valence-corrected chi connectivity index (χ0v) is 10.3. The molecule has 8 nitrogen and oxygen atoms in total. The molecule has 0 saturated carbocycles. The number of thioether (sulfide) groups is 1. The summed E-state index contributed by atoms with van der Waals surface area (Å²) in [7, 11) is 0. The molecule has 0 saturated heterocycles. The normalized spacial score (nSPS) is 10.4. The van der Waals surface area contributed by atoms with Crippen molar-refractivity contribution in [3.05, 3.63) is 22.2 Å². The fraction of sp³-hybridized carbons (Fsp3) is 0.125. The molecule has 10 heteroatoms. The number of nitro groups is 1. The van der Waals surface area contributed by atoms with E-state index in [0.717, 1.165) is 23.1 Å². The van der Waals surface area contributed by atoms with Crippen LogP contribution in [0.15, 0.2) is 17.3 Å². The third-order valence-electron chi connectivity index (χ3n) is 1.79. The predicted octanol–water partition coefficient (Wildman–Crippen LogP) is 1.62. The fourth-order valence-corrected chi connectivity index (χ4v) is 2.38. The summed E-state index contributed by atoms with van der Waals surface area (Å²) >= 11 is 1.95. The molecule has 0 aliphatic heterocycles. The van der Waals surface area contributed by atoms with E-state index in [4.69, 9.17) is 5.11 Å². The molecular weight excluding hydrogens is 280 g/mol. The van der Waals surface area contributed by atoms with Gasteiger partial charge in [-0.2, -0.15) is 0 Å². The Kier molecular flexibility index (Phi) is 3.58. The van der Waals surface area contributed by atoms with E-state index in [-0.39, 0.29) is 10.8 Å². The van der Waals surface area contributed by atoms with Crippen molar-refractivity contribution in [3.63, 3.8) is 0 Å². The largest absolute Gasteiger partial charge is 0.481 e. The summed E-state index contributed by atoms with van der Waals surface area (Å²) in [6, 6.07) is 2.95. The maximum absolute atomic E-state index is 10.5. The van der Waals surface area contributed by atoms with Crippen LogP contribution < -0.4 is 0 Å². The minimum absolute atomic E-state index is 0.0149. The van der Waals surface area contributed by atoms with E-state index in [1.54, 1.807) is 6.07 Å². The monoisotopic (exact) mass is 286 g/mol. The first-order valence-corrected chi connectivity index (χ1v) is 6.38. The maximum atomic E-state index is 10.5. The zero-order chi connectivity index (χ0) is 13.1. The van der Waals surface area contributed by atoms with Crippen molar-refractivity contribution in [2.24, 2.45) is 0 Å². The minimum atomic E-state index is -0.960. The molecule has 0 fully saturated rings. The van der Waals surface area contributed by atoms with Gasteiger partial charge in [0, 0.05) is 6.07 Å². The van der Waals surface area contributed by atoms with Crippen molar-refractivity contribution in [2.75, 3.05) is 5.75 Å². The number of carboxylic acids is 1. The molecule has 94 valence electrons. The SMILES string of the molecule is O=C(O)CSc1n[nH]c(-c2ccc([N+](=O)[O-])s2)n1. The molecule has 0 aliphatic carbocycles. The Hall–Kier alpha value is -1.94. The quantitative estimate of drug-likeness (QED) is 0.486. The molecule has 0 aromatic carbocycles. The molecule has 0 atom stereocenters. The van der Waals surface area contributed by atoms with Gasteiger partial charge < -0.3 is 5.11 Å². The van der Waals surface area contributed by atoms with Crippen molar-refractivity contribution in [2.45, 2.75) is 5.16 Å². The van der Waals surface area contributed by atoms with Crippen LogP contribution in [0.4, 0.5) is 5.00 Å². The fourth-order valence-electron chi connectivity index (χ4n) is 1.10. The molecule has 0 radical (unpaired) electrons. The summed E-state index contributed by atoms with van der Waals surface area (Å²) in [6.45, 7) is 0. The Bertz CT molecular complexity index is 593. The van der Waals surface area contributed by atoms with E-state index in [1.165, 1.54) is 6.07 Å². The van der Waals surface area contributed by atoms with E-state index >= 15 is 0 Å². The van der Waals surface area contributed by atoms with Gasteiger partial charge in [0.05, 0.1) is 15.6 Å². The van der Waals surface area contributed by atoms with Crippen LogP contribution in [-0.2, 0) is 4.79 Å². The Morgan fingerprint density at radius 2 is 2.39 bits per heavy atom. The van der Waals surface area contributed by atoms with Crippen molar-refractivity contribution < 1.29 is 14.8 Å². The highest BCUT2D eigenvalue weighted by Gasteiger charge is 2.14. The number of hydrogen-bond donors (Lipinski definition) is 2. The van der Waals surface area contributed by atoms with Crippen molar-refractivity contribution in [1.82, 2.24) is 15.2 Å². The highest BCUT2D eigenvalue weighted by atomic mass is 32.2. The van der Waals surface area contributed by atoms with Crippen LogP contribution in [0.25, 0.3) is 10.7 Å². The van der Waals surface area contributed by atoms with Gasteiger partial charge in [0.15, 0.2) is 5.82 Å². The van der Waals surface area contributed by atoms with Gasteiger partial charge in [-0.3, -0.25) is 20.0 Å². The Balaban J connectivity index is 2.13. The van der Waals surface area contributed by atoms with Crippen LogP contribution >= 0.6 is 23.1 Å². The Morgan fingerprint density at radius 3 is 3.00 bits per heavy atom. The summed E-state index contributed by atoms with van der Waals surface area (Å²) in [5.74, 6) is -0.707. The number of nitrogens with zero attached hydrogens (tertiary/aromatic N) is 3. The van der Waals surface area contributed by atoms with Gasteiger partial charge in [0.25, 0.3) is 0 Å². The molecule has 0 spiro atoms. The standard InChI is InChI=1S/C8H6N4O4S2/c13-6(14)3-17-8-9-7(10-11-8)4-1-2-5(18-4)12(15)16/h1-2H,3H2,(H,13,14)(H,9,10,11). The summed E-state index contributed by atoms with van der Waals surface area (Å²) < 4.78 is 0. The number of aromatic amines is 1. The van der Waals surface area contributed by atoms with Gasteiger partial charge in [-0.25, -0.2) is 4.98 Å². The lowest BCUT2D eigenvalue weighted by atomic mass is 10.4. The first kappa shape index (κ1) is 12.5. The van der Waals surface area contributed by atoms with Crippen LogP contribution in [0.2, 0.25) is 0 Å². The second-order valence-electron chi connectivity index (χ2n) is 3.04. The Labute approximate surface area is 108 Å². The minimum Gasteiger partial charge on any atom is -0.481 e. The lowest BCUT2D eigenvalue weighted by molar-refractivity contribution is -0.380. The molecule has 18 heavy (non-hydrogen) atoms. The number of rotatable bonds is 5. The van der Waals surface area contributed by atoms with Gasteiger partial charge in [0.2, 0.25) is 5.16 Å². The van der Waals surface area contributed by atoms with Gasteiger partial charge in [0.1, 0.15) is 0 Å². The molecule has 0 aliphatic rings. The third kappa shape index (κ3) is 2.84. The lowest BCUT2D eigenvalue weighted by Crippen LogP contribution is -1.97. The number of aromatic nitrogens is 3. The number of H-pyrrole nitrogens is 1. The van der Waals surface area contributed by atoms with Gasteiger partial charge >= 0.3 is 11.0 Å². The predicted molar refractivity (Wildman–Crippen MR) is 64.7 cm³/mol. The van der Waals surface area contributed by atoms with Crippen LogP contribution in [0.3, 0.4) is 0 Å². The molecular formula is C8H6N4O4S2.